The predicted molar refractivity (Wildman–Crippen MR) is 76.2 cm³/mol. The maximum Gasteiger partial charge on any atom is 0.192 e. The van der Waals surface area contributed by atoms with E-state index in [0.29, 0.717) is 41.3 Å². The van der Waals surface area contributed by atoms with Gasteiger partial charge in [0.1, 0.15) is 11.4 Å². The van der Waals surface area contributed by atoms with Crippen LogP contribution in [0.25, 0.3) is 4.85 Å². The van der Waals surface area contributed by atoms with E-state index in [1.807, 2.05) is 13.0 Å². The number of aromatic nitrogens is 2. The van der Waals surface area contributed by atoms with Crippen LogP contribution in [0.4, 0.5) is 5.69 Å². The topological polar surface area (TPSA) is 86.3 Å². The highest BCUT2D eigenvalue weighted by atomic mass is 16.5. The molecule has 0 aliphatic heterocycles. The molecule has 0 aliphatic rings. The zero-order chi connectivity index (χ0) is 15.2. The lowest BCUT2D eigenvalue weighted by Crippen LogP contribution is -1.95. The Hall–Kier alpha value is -2.83. The van der Waals surface area contributed by atoms with Crippen molar-refractivity contribution in [2.45, 2.75) is 19.8 Å². The van der Waals surface area contributed by atoms with Gasteiger partial charge in [-0.15, -0.1) is 0 Å². The third kappa shape index (κ3) is 3.19. The molecule has 21 heavy (non-hydrogen) atoms. The summed E-state index contributed by atoms with van der Waals surface area (Å²) >= 11 is 0. The van der Waals surface area contributed by atoms with Crippen molar-refractivity contribution in [2.75, 3.05) is 6.61 Å². The van der Waals surface area contributed by atoms with Crippen LogP contribution in [0, 0.1) is 17.9 Å². The van der Waals surface area contributed by atoms with E-state index in [-0.39, 0.29) is 6.61 Å². The zero-order valence-electron chi connectivity index (χ0n) is 11.6. The number of nitrogens with one attached hydrogen (secondary N) is 1. The van der Waals surface area contributed by atoms with Crippen LogP contribution in [-0.2, 0) is 12.8 Å². The number of benzene rings is 1. The Morgan fingerprint density at radius 2 is 2.29 bits per heavy atom. The van der Waals surface area contributed by atoms with Crippen molar-refractivity contribution in [1.29, 1.82) is 5.26 Å². The summed E-state index contributed by atoms with van der Waals surface area (Å²) in [5.41, 5.74) is 2.14. The van der Waals surface area contributed by atoms with Crippen molar-refractivity contribution < 1.29 is 9.84 Å². The third-order valence-corrected chi connectivity index (χ3v) is 2.93. The van der Waals surface area contributed by atoms with E-state index < -0.39 is 0 Å². The molecule has 2 aromatic rings. The molecule has 0 bridgehead atoms. The number of aromatic amines is 1. The van der Waals surface area contributed by atoms with Gasteiger partial charge in [0, 0.05) is 18.6 Å². The van der Waals surface area contributed by atoms with Crippen molar-refractivity contribution in [2.24, 2.45) is 0 Å². The molecule has 1 aromatic heterocycles. The number of aliphatic hydroxyl groups excluding tert-OH is 1. The fourth-order valence-electron chi connectivity index (χ4n) is 1.94. The van der Waals surface area contributed by atoms with Crippen molar-refractivity contribution >= 4 is 5.69 Å². The van der Waals surface area contributed by atoms with Crippen LogP contribution in [0.5, 0.6) is 11.5 Å². The Balaban J connectivity index is 2.40. The van der Waals surface area contributed by atoms with E-state index in [1.165, 1.54) is 6.07 Å². The second-order valence-corrected chi connectivity index (χ2v) is 4.35. The fraction of sp³-hybridized carbons (Fsp3) is 0.267. The van der Waals surface area contributed by atoms with Crippen LogP contribution in [0.2, 0.25) is 0 Å². The summed E-state index contributed by atoms with van der Waals surface area (Å²) < 4.78 is 5.81. The Labute approximate surface area is 122 Å². The van der Waals surface area contributed by atoms with Crippen molar-refractivity contribution in [1.82, 2.24) is 10.2 Å². The lowest BCUT2D eigenvalue weighted by molar-refractivity contribution is 0.296. The van der Waals surface area contributed by atoms with E-state index >= 15 is 0 Å². The summed E-state index contributed by atoms with van der Waals surface area (Å²) in [5, 5.41) is 25.0. The second-order valence-electron chi connectivity index (χ2n) is 4.35. The molecule has 1 heterocycles. The van der Waals surface area contributed by atoms with Crippen molar-refractivity contribution in [3.8, 4) is 17.6 Å². The minimum Gasteiger partial charge on any atom is -0.455 e. The van der Waals surface area contributed by atoms with E-state index in [0.717, 1.165) is 5.69 Å². The Kier molecular flexibility index (Phi) is 4.55. The molecular weight excluding hydrogens is 268 g/mol. The second kappa shape index (κ2) is 6.56. The van der Waals surface area contributed by atoms with Gasteiger partial charge in [-0.2, -0.15) is 10.4 Å². The van der Waals surface area contributed by atoms with Gasteiger partial charge < -0.3 is 9.84 Å². The number of nitriles is 1. The van der Waals surface area contributed by atoms with Gasteiger partial charge in [-0.05, 0) is 24.6 Å². The number of aliphatic hydroxyl groups is 1. The molecule has 6 nitrogen and oxygen atoms in total. The summed E-state index contributed by atoms with van der Waals surface area (Å²) in [7, 11) is 0. The minimum atomic E-state index is -0.0206. The summed E-state index contributed by atoms with van der Waals surface area (Å²) in [5.74, 6) is 0.966. The molecule has 106 valence electrons. The molecular formula is C15H14N4O2. The Morgan fingerprint density at radius 1 is 1.48 bits per heavy atom. The normalized spacial score (nSPS) is 9.90. The summed E-state index contributed by atoms with van der Waals surface area (Å²) in [4.78, 5) is 3.33. The Morgan fingerprint density at radius 3 is 2.90 bits per heavy atom. The molecule has 0 unspecified atom stereocenters. The highest BCUT2D eigenvalue weighted by molar-refractivity contribution is 5.56. The maximum atomic E-state index is 9.07. The molecule has 0 atom stereocenters. The Bertz CT molecular complexity index is 690. The number of rotatable bonds is 5. The zero-order valence-corrected chi connectivity index (χ0v) is 11.6. The van der Waals surface area contributed by atoms with E-state index in [9.17, 15) is 0 Å². The number of aryl methyl sites for hydroxylation is 1. The average molecular weight is 282 g/mol. The quantitative estimate of drug-likeness (QED) is 0.825. The molecule has 0 saturated carbocycles. The van der Waals surface area contributed by atoms with Gasteiger partial charge in [0.05, 0.1) is 18.3 Å². The molecule has 0 spiro atoms. The van der Waals surface area contributed by atoms with Crippen LogP contribution in [0.1, 0.15) is 23.9 Å². The van der Waals surface area contributed by atoms with Gasteiger partial charge in [-0.25, -0.2) is 4.85 Å². The van der Waals surface area contributed by atoms with Gasteiger partial charge in [0.2, 0.25) is 0 Å². The molecule has 0 saturated heterocycles. The summed E-state index contributed by atoms with van der Waals surface area (Å²) in [6.45, 7) is 8.98. The molecule has 6 heteroatoms. The van der Waals surface area contributed by atoms with E-state index in [1.54, 1.807) is 12.1 Å². The number of nitrogens with zero attached hydrogens (tertiary/aromatic N) is 3. The van der Waals surface area contributed by atoms with Crippen LogP contribution in [0.15, 0.2) is 18.2 Å². The molecule has 2 N–H and O–H groups in total. The minimum absolute atomic E-state index is 0.0206. The van der Waals surface area contributed by atoms with Gasteiger partial charge in [0.25, 0.3) is 0 Å². The lowest BCUT2D eigenvalue weighted by atomic mass is 10.2. The SMILES string of the molecule is [C-]#[N+]c1cc(C#N)cc(Oc2c(CC)n[nH]c2CCO)c1. The number of hydrogen-bond acceptors (Lipinski definition) is 4. The van der Waals surface area contributed by atoms with Gasteiger partial charge >= 0.3 is 0 Å². The number of ether oxygens (including phenoxy) is 1. The first-order valence-corrected chi connectivity index (χ1v) is 6.49. The smallest absolute Gasteiger partial charge is 0.192 e. The van der Waals surface area contributed by atoms with Crippen LogP contribution in [0.3, 0.4) is 0 Å². The van der Waals surface area contributed by atoms with Crippen LogP contribution in [-0.4, -0.2) is 21.9 Å². The van der Waals surface area contributed by atoms with Crippen LogP contribution >= 0.6 is 0 Å². The third-order valence-electron chi connectivity index (χ3n) is 2.93. The van der Waals surface area contributed by atoms with E-state index in [2.05, 4.69) is 15.0 Å². The van der Waals surface area contributed by atoms with Gasteiger partial charge in [-0.3, -0.25) is 5.10 Å². The van der Waals surface area contributed by atoms with E-state index in [4.69, 9.17) is 21.7 Å². The van der Waals surface area contributed by atoms with Crippen molar-refractivity contribution in [3.63, 3.8) is 0 Å². The lowest BCUT2D eigenvalue weighted by Gasteiger charge is -2.08. The summed E-state index contributed by atoms with van der Waals surface area (Å²) in [6.07, 6.45) is 1.07. The first-order valence-electron chi connectivity index (χ1n) is 6.49. The maximum absolute atomic E-state index is 9.07. The molecule has 2 rings (SSSR count). The highest BCUT2D eigenvalue weighted by Gasteiger charge is 2.14. The first kappa shape index (κ1) is 14.6. The monoisotopic (exact) mass is 282 g/mol. The molecule has 0 fully saturated rings. The van der Waals surface area contributed by atoms with Gasteiger partial charge in [-0.1, -0.05) is 6.92 Å². The molecule has 0 radical (unpaired) electrons. The molecule has 1 aromatic carbocycles. The standard InChI is InChI=1S/C15H14N4O2/c1-3-13-15(14(4-5-20)19-18-13)21-12-7-10(9-16)6-11(8-12)17-2/h6-8,20H,3-5H2,1H3,(H,18,19). The molecule has 0 amide bonds. The number of hydrogen-bond donors (Lipinski definition) is 2. The number of H-pyrrole nitrogens is 1. The predicted octanol–water partition coefficient (Wildman–Crippen LogP) is 2.72. The van der Waals surface area contributed by atoms with Crippen LogP contribution < -0.4 is 4.74 Å². The van der Waals surface area contributed by atoms with Crippen molar-refractivity contribution in [3.05, 3.63) is 46.6 Å². The fourth-order valence-corrected chi connectivity index (χ4v) is 1.94. The largest absolute Gasteiger partial charge is 0.455 e. The summed E-state index contributed by atoms with van der Waals surface area (Å²) in [6, 6.07) is 6.65. The first-order chi connectivity index (χ1) is 10.2. The highest BCUT2D eigenvalue weighted by Crippen LogP contribution is 2.31. The average Bonchev–Trinajstić information content (AvgIpc) is 2.89. The molecule has 0 aliphatic carbocycles. The van der Waals surface area contributed by atoms with Gasteiger partial charge in [0.15, 0.2) is 11.4 Å².